The first kappa shape index (κ1) is 8.74. The summed E-state index contributed by atoms with van der Waals surface area (Å²) in [6, 6.07) is 0. The molecule has 6 heteroatoms. The molecule has 0 bridgehead atoms. The van der Waals surface area contributed by atoms with Crippen molar-refractivity contribution in [3.63, 3.8) is 0 Å². The molecule has 0 saturated heterocycles. The van der Waals surface area contributed by atoms with Crippen LogP contribution in [0.15, 0.2) is 21.3 Å². The van der Waals surface area contributed by atoms with E-state index in [1.54, 1.807) is 13.1 Å². The number of nitrogens with two attached hydrogens (primary N) is 2. The lowest BCUT2D eigenvalue weighted by atomic mass is 9.96. The van der Waals surface area contributed by atoms with E-state index in [-0.39, 0.29) is 11.9 Å². The monoisotopic (exact) mass is 193 g/mol. The number of nitrogens with zero attached hydrogens (tertiary/aromatic N) is 2. The minimum Gasteiger partial charge on any atom is -0.402 e. The zero-order valence-corrected chi connectivity index (χ0v) is 7.69. The van der Waals surface area contributed by atoms with Crippen molar-refractivity contribution in [1.29, 1.82) is 0 Å². The molecule has 74 valence electrons. The summed E-state index contributed by atoms with van der Waals surface area (Å²) in [7, 11) is 0. The van der Waals surface area contributed by atoms with Crippen molar-refractivity contribution in [1.82, 2.24) is 5.32 Å². The van der Waals surface area contributed by atoms with Gasteiger partial charge >= 0.3 is 0 Å². The van der Waals surface area contributed by atoms with Gasteiger partial charge in [-0.3, -0.25) is 15.1 Å². The molecule has 0 radical (unpaired) electrons. The van der Waals surface area contributed by atoms with Crippen molar-refractivity contribution in [2.45, 2.75) is 13.1 Å². The molecule has 0 aromatic heterocycles. The largest absolute Gasteiger partial charge is 0.402 e. The summed E-state index contributed by atoms with van der Waals surface area (Å²) in [4.78, 5) is 19.6. The molecule has 0 aromatic carbocycles. The van der Waals surface area contributed by atoms with Crippen LogP contribution in [0.1, 0.15) is 6.92 Å². The molecule has 0 saturated carbocycles. The Balaban J connectivity index is 2.42. The van der Waals surface area contributed by atoms with Crippen LogP contribution in [-0.2, 0) is 4.79 Å². The van der Waals surface area contributed by atoms with Crippen LogP contribution in [0.3, 0.4) is 0 Å². The highest BCUT2D eigenvalue weighted by molar-refractivity contribution is 6.05. The van der Waals surface area contributed by atoms with Crippen molar-refractivity contribution in [2.75, 3.05) is 0 Å². The second kappa shape index (κ2) is 2.83. The van der Waals surface area contributed by atoms with Crippen molar-refractivity contribution in [3.8, 4) is 0 Å². The molecular formula is C8H11N5O. The number of hydrogen-bond acceptors (Lipinski definition) is 5. The highest BCUT2D eigenvalue weighted by Crippen LogP contribution is 2.27. The quantitative estimate of drug-likeness (QED) is 0.444. The van der Waals surface area contributed by atoms with Crippen LogP contribution in [0.5, 0.6) is 0 Å². The van der Waals surface area contributed by atoms with Gasteiger partial charge in [-0.25, -0.2) is 4.99 Å². The summed E-state index contributed by atoms with van der Waals surface area (Å²) < 4.78 is 0. The van der Waals surface area contributed by atoms with Gasteiger partial charge in [0.15, 0.2) is 12.1 Å². The average molecular weight is 193 g/mol. The van der Waals surface area contributed by atoms with Crippen LogP contribution in [-0.4, -0.2) is 24.2 Å². The molecule has 2 rings (SSSR count). The Bertz CT molecular complexity index is 377. The lowest BCUT2D eigenvalue weighted by molar-refractivity contribution is -0.123. The minimum absolute atomic E-state index is 0.115. The van der Waals surface area contributed by atoms with Crippen molar-refractivity contribution in [3.05, 3.63) is 11.3 Å². The van der Waals surface area contributed by atoms with Crippen LogP contribution in [0.2, 0.25) is 0 Å². The van der Waals surface area contributed by atoms with E-state index < -0.39 is 12.1 Å². The molecule has 1 amide bonds. The minimum atomic E-state index is -0.433. The van der Waals surface area contributed by atoms with E-state index in [4.69, 9.17) is 11.5 Å². The molecule has 2 heterocycles. The maximum Gasteiger partial charge on any atom is 0.238 e. The second-order valence-electron chi connectivity index (χ2n) is 3.31. The van der Waals surface area contributed by atoms with Gasteiger partial charge in [0, 0.05) is 17.5 Å². The van der Waals surface area contributed by atoms with Crippen LogP contribution in [0, 0.1) is 5.92 Å². The number of allylic oxidation sites excluding steroid dienone is 1. The van der Waals surface area contributed by atoms with Crippen LogP contribution < -0.4 is 16.8 Å². The van der Waals surface area contributed by atoms with E-state index in [9.17, 15) is 4.79 Å². The summed E-state index contributed by atoms with van der Waals surface area (Å²) >= 11 is 0. The Labute approximate surface area is 80.8 Å². The fourth-order valence-corrected chi connectivity index (χ4v) is 1.59. The maximum absolute atomic E-state index is 11.6. The second-order valence-corrected chi connectivity index (χ2v) is 3.31. The predicted molar refractivity (Wildman–Crippen MR) is 52.4 cm³/mol. The first-order valence-corrected chi connectivity index (χ1v) is 4.23. The molecule has 2 atom stereocenters. The van der Waals surface area contributed by atoms with E-state index in [1.165, 1.54) is 0 Å². The molecule has 2 aliphatic heterocycles. The third-order valence-corrected chi connectivity index (χ3v) is 2.26. The fraction of sp³-hybridized carbons (Fsp3) is 0.375. The van der Waals surface area contributed by atoms with E-state index in [0.717, 1.165) is 5.57 Å². The van der Waals surface area contributed by atoms with Crippen LogP contribution >= 0.6 is 0 Å². The standard InChI is InChI=1S/C8H11N5O/c1-3(9)4-2-11-6-5(4)7(14)13-8(10)12-6/h2,5-6H,9H2,1H3,(H3,10,12,13,14)/b4-3-. The number of carbonyl (C=O) groups is 1. The Morgan fingerprint density at radius 3 is 3.00 bits per heavy atom. The van der Waals surface area contributed by atoms with Crippen LogP contribution in [0.25, 0.3) is 0 Å². The normalized spacial score (nSPS) is 33.5. The van der Waals surface area contributed by atoms with E-state index in [1.807, 2.05) is 0 Å². The van der Waals surface area contributed by atoms with E-state index >= 15 is 0 Å². The molecule has 0 spiro atoms. The molecule has 14 heavy (non-hydrogen) atoms. The highest BCUT2D eigenvalue weighted by atomic mass is 16.2. The molecule has 2 unspecified atom stereocenters. The summed E-state index contributed by atoms with van der Waals surface area (Å²) in [5.74, 6) is -0.489. The smallest absolute Gasteiger partial charge is 0.238 e. The molecular weight excluding hydrogens is 182 g/mol. The number of aliphatic imine (C=N–C) groups is 2. The zero-order valence-electron chi connectivity index (χ0n) is 7.69. The number of hydrogen-bond donors (Lipinski definition) is 3. The van der Waals surface area contributed by atoms with Gasteiger partial charge in [0.1, 0.15) is 5.92 Å². The Hall–Kier alpha value is -1.85. The molecule has 0 aromatic rings. The number of amides is 1. The first-order valence-electron chi connectivity index (χ1n) is 4.23. The Morgan fingerprint density at radius 2 is 2.36 bits per heavy atom. The summed E-state index contributed by atoms with van der Waals surface area (Å²) in [5.41, 5.74) is 12.3. The maximum atomic E-state index is 11.6. The predicted octanol–water partition coefficient (Wildman–Crippen LogP) is -1.31. The van der Waals surface area contributed by atoms with Gasteiger partial charge in [-0.1, -0.05) is 0 Å². The summed E-state index contributed by atoms with van der Waals surface area (Å²) in [6.45, 7) is 1.73. The Kier molecular flexibility index (Phi) is 1.77. The molecule has 0 fully saturated rings. The van der Waals surface area contributed by atoms with Gasteiger partial charge in [-0.2, -0.15) is 0 Å². The molecule has 2 aliphatic rings. The lowest BCUT2D eigenvalue weighted by Gasteiger charge is -2.21. The molecule has 5 N–H and O–H groups in total. The van der Waals surface area contributed by atoms with Gasteiger partial charge in [0.2, 0.25) is 5.91 Å². The number of guanidine groups is 1. The average Bonchev–Trinajstić information content (AvgIpc) is 2.47. The van der Waals surface area contributed by atoms with Crippen molar-refractivity contribution < 1.29 is 4.79 Å². The van der Waals surface area contributed by atoms with Crippen molar-refractivity contribution >= 4 is 18.1 Å². The number of fused-ring (bicyclic) bond motifs is 1. The van der Waals surface area contributed by atoms with Crippen LogP contribution in [0.4, 0.5) is 0 Å². The zero-order chi connectivity index (χ0) is 10.3. The first-order chi connectivity index (χ1) is 6.59. The van der Waals surface area contributed by atoms with E-state index in [0.29, 0.717) is 5.70 Å². The van der Waals surface area contributed by atoms with Gasteiger partial charge in [0.05, 0.1) is 0 Å². The lowest BCUT2D eigenvalue weighted by Crippen LogP contribution is -2.48. The van der Waals surface area contributed by atoms with Gasteiger partial charge in [0.25, 0.3) is 0 Å². The van der Waals surface area contributed by atoms with Gasteiger partial charge in [-0.05, 0) is 6.92 Å². The number of rotatable bonds is 0. The van der Waals surface area contributed by atoms with E-state index in [2.05, 4.69) is 15.3 Å². The van der Waals surface area contributed by atoms with Gasteiger partial charge < -0.3 is 11.5 Å². The molecule has 0 aliphatic carbocycles. The fourth-order valence-electron chi connectivity index (χ4n) is 1.59. The SMILES string of the molecule is C/C(N)=C1\C=NC2N=C(N)NC(=O)C12. The number of carbonyl (C=O) groups excluding carboxylic acids is 1. The topological polar surface area (TPSA) is 106 Å². The number of nitrogens with one attached hydrogen (secondary N) is 1. The Morgan fingerprint density at radius 1 is 1.64 bits per heavy atom. The summed E-state index contributed by atoms with van der Waals surface area (Å²) in [5, 5.41) is 2.45. The summed E-state index contributed by atoms with van der Waals surface area (Å²) in [6.07, 6.45) is 1.16. The highest BCUT2D eigenvalue weighted by Gasteiger charge is 2.38. The van der Waals surface area contributed by atoms with Gasteiger partial charge in [-0.15, -0.1) is 0 Å². The third kappa shape index (κ3) is 1.15. The third-order valence-electron chi connectivity index (χ3n) is 2.26. The molecule has 6 nitrogen and oxygen atoms in total. The van der Waals surface area contributed by atoms with Crippen molar-refractivity contribution in [2.24, 2.45) is 27.4 Å².